The number of benzene rings is 3. The standard InChI is InChI=1S/C31H34N4O4/c1-21(2)18-34(30(37)24-13-11-22(3)12-14-24)20-29(36)33-31-32-26(23-9-7-6-8-10-23)19-35(31)25-15-16-27(38-4)28(17-25)39-5/h6-17,19,21H,18,20H2,1-5H3,(H,32,33,36). The predicted octanol–water partition coefficient (Wildman–Crippen LogP) is 5.60. The Hall–Kier alpha value is -4.59. The van der Waals surface area contributed by atoms with Gasteiger partial charge in [0.05, 0.1) is 25.6 Å². The van der Waals surface area contributed by atoms with E-state index in [0.717, 1.165) is 16.8 Å². The number of methoxy groups -OCH3 is 2. The maximum atomic E-state index is 13.3. The molecule has 0 saturated heterocycles. The summed E-state index contributed by atoms with van der Waals surface area (Å²) in [4.78, 5) is 32.9. The van der Waals surface area contributed by atoms with Gasteiger partial charge in [-0.1, -0.05) is 61.9 Å². The topological polar surface area (TPSA) is 85.7 Å². The number of aromatic nitrogens is 2. The SMILES string of the molecule is COc1ccc(-n2cc(-c3ccccc3)nc2NC(=O)CN(CC(C)C)C(=O)c2ccc(C)cc2)cc1OC. The van der Waals surface area contributed by atoms with E-state index in [4.69, 9.17) is 14.5 Å². The molecule has 39 heavy (non-hydrogen) atoms. The van der Waals surface area contributed by atoms with E-state index in [1.54, 1.807) is 41.9 Å². The van der Waals surface area contributed by atoms with Crippen molar-refractivity contribution in [3.05, 3.63) is 90.1 Å². The number of anilines is 1. The largest absolute Gasteiger partial charge is 0.493 e. The van der Waals surface area contributed by atoms with Crippen LogP contribution in [0.5, 0.6) is 11.5 Å². The van der Waals surface area contributed by atoms with Crippen LogP contribution >= 0.6 is 0 Å². The third kappa shape index (κ3) is 6.65. The summed E-state index contributed by atoms with van der Waals surface area (Å²) in [5.74, 6) is 1.13. The number of nitrogens with one attached hydrogen (secondary N) is 1. The van der Waals surface area contributed by atoms with Crippen molar-refractivity contribution in [1.82, 2.24) is 14.5 Å². The minimum atomic E-state index is -0.344. The van der Waals surface area contributed by atoms with E-state index in [0.29, 0.717) is 35.2 Å². The molecule has 0 fully saturated rings. The molecule has 0 aliphatic carbocycles. The fourth-order valence-electron chi connectivity index (χ4n) is 4.26. The van der Waals surface area contributed by atoms with Crippen molar-refractivity contribution < 1.29 is 19.1 Å². The van der Waals surface area contributed by atoms with Crippen LogP contribution in [0.1, 0.15) is 29.8 Å². The summed E-state index contributed by atoms with van der Waals surface area (Å²) in [6.07, 6.45) is 1.86. The lowest BCUT2D eigenvalue weighted by molar-refractivity contribution is -0.117. The Bertz CT molecular complexity index is 1430. The van der Waals surface area contributed by atoms with Crippen molar-refractivity contribution in [2.45, 2.75) is 20.8 Å². The highest BCUT2D eigenvalue weighted by molar-refractivity contribution is 5.99. The van der Waals surface area contributed by atoms with Crippen LogP contribution in [-0.2, 0) is 4.79 Å². The Morgan fingerprint density at radius 1 is 0.949 bits per heavy atom. The Kier molecular flexibility index (Phi) is 8.66. The molecule has 1 aromatic heterocycles. The van der Waals surface area contributed by atoms with Crippen LogP contribution in [0.2, 0.25) is 0 Å². The minimum Gasteiger partial charge on any atom is -0.493 e. The lowest BCUT2D eigenvalue weighted by Gasteiger charge is -2.24. The summed E-state index contributed by atoms with van der Waals surface area (Å²) < 4.78 is 12.7. The van der Waals surface area contributed by atoms with Crippen molar-refractivity contribution >= 4 is 17.8 Å². The van der Waals surface area contributed by atoms with Gasteiger partial charge in [0.15, 0.2) is 11.5 Å². The van der Waals surface area contributed by atoms with E-state index < -0.39 is 0 Å². The highest BCUT2D eigenvalue weighted by Gasteiger charge is 2.22. The van der Waals surface area contributed by atoms with Crippen LogP contribution in [0, 0.1) is 12.8 Å². The molecule has 0 saturated carbocycles. The summed E-state index contributed by atoms with van der Waals surface area (Å²) >= 11 is 0. The second kappa shape index (κ2) is 12.3. The first-order valence-corrected chi connectivity index (χ1v) is 12.8. The van der Waals surface area contributed by atoms with Crippen LogP contribution in [0.4, 0.5) is 5.95 Å². The van der Waals surface area contributed by atoms with E-state index in [-0.39, 0.29) is 24.3 Å². The first-order chi connectivity index (χ1) is 18.8. The zero-order valence-corrected chi connectivity index (χ0v) is 23.0. The molecule has 2 amide bonds. The van der Waals surface area contributed by atoms with Gasteiger partial charge in [-0.15, -0.1) is 0 Å². The van der Waals surface area contributed by atoms with Crippen LogP contribution < -0.4 is 14.8 Å². The molecule has 0 unspecified atom stereocenters. The van der Waals surface area contributed by atoms with Crippen molar-refractivity contribution in [3.63, 3.8) is 0 Å². The maximum absolute atomic E-state index is 13.3. The zero-order valence-electron chi connectivity index (χ0n) is 23.0. The molecule has 3 aromatic carbocycles. The van der Waals surface area contributed by atoms with Crippen LogP contribution in [0.25, 0.3) is 16.9 Å². The number of hydrogen-bond donors (Lipinski definition) is 1. The Morgan fingerprint density at radius 3 is 2.28 bits per heavy atom. The zero-order chi connectivity index (χ0) is 27.9. The summed E-state index contributed by atoms with van der Waals surface area (Å²) in [6, 6.07) is 22.6. The van der Waals surface area contributed by atoms with Gasteiger partial charge in [-0.3, -0.25) is 19.5 Å². The third-order valence-corrected chi connectivity index (χ3v) is 6.18. The molecule has 8 nitrogen and oxygen atoms in total. The fraction of sp³-hybridized carbons (Fsp3) is 0.258. The molecule has 4 aromatic rings. The van der Waals surface area contributed by atoms with Crippen molar-refractivity contribution in [2.24, 2.45) is 5.92 Å². The van der Waals surface area contributed by atoms with Gasteiger partial charge >= 0.3 is 0 Å². The molecule has 1 N–H and O–H groups in total. The van der Waals surface area contributed by atoms with Gasteiger partial charge in [0.1, 0.15) is 6.54 Å². The molecule has 0 atom stereocenters. The summed E-state index contributed by atoms with van der Waals surface area (Å²) in [6.45, 7) is 6.34. The molecule has 0 radical (unpaired) electrons. The number of amides is 2. The molecular formula is C31H34N4O4. The van der Waals surface area contributed by atoms with Gasteiger partial charge in [0.25, 0.3) is 5.91 Å². The monoisotopic (exact) mass is 526 g/mol. The minimum absolute atomic E-state index is 0.107. The number of nitrogens with zero attached hydrogens (tertiary/aromatic N) is 3. The van der Waals surface area contributed by atoms with Crippen LogP contribution in [-0.4, -0.2) is 53.6 Å². The van der Waals surface area contributed by atoms with Crippen molar-refractivity contribution in [2.75, 3.05) is 32.6 Å². The molecule has 4 rings (SSSR count). The number of imidazole rings is 1. The first-order valence-electron chi connectivity index (χ1n) is 12.8. The van der Waals surface area contributed by atoms with Gasteiger partial charge in [0, 0.05) is 29.9 Å². The quantitative estimate of drug-likeness (QED) is 0.291. The molecule has 8 heteroatoms. The maximum Gasteiger partial charge on any atom is 0.254 e. The summed E-state index contributed by atoms with van der Waals surface area (Å²) in [5.41, 5.74) is 3.94. The summed E-state index contributed by atoms with van der Waals surface area (Å²) in [7, 11) is 3.15. The predicted molar refractivity (Wildman–Crippen MR) is 153 cm³/mol. The van der Waals surface area contributed by atoms with Gasteiger partial charge in [-0.25, -0.2) is 4.98 Å². The number of rotatable bonds is 10. The Labute approximate surface area is 229 Å². The molecule has 1 heterocycles. The third-order valence-electron chi connectivity index (χ3n) is 6.18. The molecule has 0 spiro atoms. The number of carbonyl (C=O) groups is 2. The molecular weight excluding hydrogens is 492 g/mol. The molecule has 0 bridgehead atoms. The van der Waals surface area contributed by atoms with Crippen LogP contribution in [0.3, 0.4) is 0 Å². The number of ether oxygens (including phenoxy) is 2. The van der Waals surface area contributed by atoms with Crippen molar-refractivity contribution in [1.29, 1.82) is 0 Å². The average Bonchev–Trinajstić information content (AvgIpc) is 3.36. The van der Waals surface area contributed by atoms with Gasteiger partial charge in [-0.2, -0.15) is 0 Å². The lowest BCUT2D eigenvalue weighted by atomic mass is 10.1. The van der Waals surface area contributed by atoms with E-state index in [9.17, 15) is 9.59 Å². The summed E-state index contributed by atoms with van der Waals surface area (Å²) in [5, 5.41) is 2.93. The number of aryl methyl sites for hydroxylation is 1. The first kappa shape index (κ1) is 27.4. The van der Waals surface area contributed by atoms with Crippen LogP contribution in [0.15, 0.2) is 79.0 Å². The second-order valence-electron chi connectivity index (χ2n) is 9.72. The molecule has 202 valence electrons. The fourth-order valence-corrected chi connectivity index (χ4v) is 4.26. The smallest absolute Gasteiger partial charge is 0.254 e. The lowest BCUT2D eigenvalue weighted by Crippen LogP contribution is -2.40. The normalized spacial score (nSPS) is 10.8. The highest BCUT2D eigenvalue weighted by atomic mass is 16.5. The van der Waals surface area contributed by atoms with Crippen molar-refractivity contribution in [3.8, 4) is 28.4 Å². The van der Waals surface area contributed by atoms with E-state index in [1.165, 1.54) is 0 Å². The second-order valence-corrected chi connectivity index (χ2v) is 9.72. The Morgan fingerprint density at radius 2 is 1.64 bits per heavy atom. The highest BCUT2D eigenvalue weighted by Crippen LogP contribution is 2.31. The van der Waals surface area contributed by atoms with E-state index >= 15 is 0 Å². The molecule has 0 aliphatic rings. The number of hydrogen-bond acceptors (Lipinski definition) is 5. The Balaban J connectivity index is 1.65. The molecule has 0 aliphatic heterocycles. The van der Waals surface area contributed by atoms with E-state index in [2.05, 4.69) is 5.32 Å². The van der Waals surface area contributed by atoms with Gasteiger partial charge in [-0.05, 0) is 37.1 Å². The average molecular weight is 527 g/mol. The van der Waals surface area contributed by atoms with Gasteiger partial charge in [0.2, 0.25) is 11.9 Å². The van der Waals surface area contributed by atoms with E-state index in [1.807, 2.05) is 81.6 Å². The van der Waals surface area contributed by atoms with Gasteiger partial charge < -0.3 is 14.4 Å². The number of carbonyl (C=O) groups excluding carboxylic acids is 2.